The van der Waals surface area contributed by atoms with Gasteiger partial charge < -0.3 is 24.3 Å². The summed E-state index contributed by atoms with van der Waals surface area (Å²) in [6.45, 7) is 4.50. The van der Waals surface area contributed by atoms with E-state index >= 15 is 0 Å². The van der Waals surface area contributed by atoms with Gasteiger partial charge in [-0.15, -0.1) is 0 Å². The van der Waals surface area contributed by atoms with Crippen LogP contribution in [0.3, 0.4) is 0 Å². The number of carbonyl (C=O) groups excluding carboxylic acids is 2. The summed E-state index contributed by atoms with van der Waals surface area (Å²) in [5, 5.41) is 3.77. The Bertz CT molecular complexity index is 1640. The van der Waals surface area contributed by atoms with Crippen molar-refractivity contribution >= 4 is 28.5 Å². The van der Waals surface area contributed by atoms with Crippen LogP contribution in [-0.4, -0.2) is 74.0 Å². The van der Waals surface area contributed by atoms with Crippen molar-refractivity contribution in [2.75, 3.05) is 51.3 Å². The first-order valence-electron chi connectivity index (χ1n) is 15.1. The number of piperazine rings is 1. The van der Waals surface area contributed by atoms with Crippen LogP contribution in [0.15, 0.2) is 77.2 Å². The normalized spacial score (nSPS) is 16.6. The molecule has 2 aliphatic heterocycles. The molecule has 2 fully saturated rings. The average Bonchev–Trinajstić information content (AvgIpc) is 3.49. The molecule has 2 saturated heterocycles. The van der Waals surface area contributed by atoms with E-state index in [0.29, 0.717) is 48.4 Å². The fraction of sp³-hybridized carbons (Fsp3) is 0.353. The number of amides is 2. The first-order chi connectivity index (χ1) is 21.7. The smallest absolute Gasteiger partial charge is 0.416 e. The molecule has 3 heterocycles. The molecule has 0 unspecified atom stereocenters. The predicted molar refractivity (Wildman–Crippen MR) is 165 cm³/mol. The van der Waals surface area contributed by atoms with Crippen molar-refractivity contribution in [3.63, 3.8) is 0 Å². The molecule has 0 spiro atoms. The van der Waals surface area contributed by atoms with E-state index < -0.39 is 11.7 Å². The molecule has 6 rings (SSSR count). The van der Waals surface area contributed by atoms with Crippen molar-refractivity contribution in [3.05, 3.63) is 95.2 Å². The minimum atomic E-state index is -4.37. The quantitative estimate of drug-likeness (QED) is 0.281. The van der Waals surface area contributed by atoms with Gasteiger partial charge in [-0.25, -0.2) is 0 Å². The lowest BCUT2D eigenvalue weighted by atomic mass is 10.0. The summed E-state index contributed by atoms with van der Waals surface area (Å²) >= 11 is 0. The first-order valence-corrected chi connectivity index (χ1v) is 15.1. The summed E-state index contributed by atoms with van der Waals surface area (Å²) in [6, 6.07) is 20.0. The predicted octanol–water partition coefficient (Wildman–Crippen LogP) is 5.82. The second-order valence-corrected chi connectivity index (χ2v) is 11.6. The molecule has 2 amide bonds. The third-order valence-electron chi connectivity index (χ3n) is 8.60. The lowest BCUT2D eigenvalue weighted by Crippen LogP contribution is -2.48. The Hall–Kier alpha value is -4.51. The van der Waals surface area contributed by atoms with Crippen LogP contribution in [-0.2, 0) is 12.7 Å². The molecule has 45 heavy (non-hydrogen) atoms. The van der Waals surface area contributed by atoms with Gasteiger partial charge >= 0.3 is 6.18 Å². The van der Waals surface area contributed by atoms with E-state index in [2.05, 4.69) is 22.3 Å². The van der Waals surface area contributed by atoms with Gasteiger partial charge in [0.25, 0.3) is 11.8 Å². The van der Waals surface area contributed by atoms with Gasteiger partial charge in [0.05, 0.1) is 12.7 Å². The standard InChI is InChI=1S/C34H35F3N4O4/c1-44-29-9-2-23(3-10-29)22-39-14-12-27(13-15-39)38-32(42)31-21-25-20-24(4-11-30(25)45-31)33(43)41-18-16-40(17-19-41)28-7-5-26(6-8-28)34(35,36)37/h2-11,20-21,27H,12-19,22H2,1H3,(H,38,42). The Kier molecular flexibility index (Phi) is 8.71. The zero-order chi connectivity index (χ0) is 31.6. The van der Waals surface area contributed by atoms with E-state index in [0.717, 1.165) is 50.4 Å². The average molecular weight is 621 g/mol. The van der Waals surface area contributed by atoms with E-state index in [4.69, 9.17) is 9.15 Å². The van der Waals surface area contributed by atoms with Crippen molar-refractivity contribution in [3.8, 4) is 5.75 Å². The van der Waals surface area contributed by atoms with Gasteiger partial charge in [0.1, 0.15) is 11.3 Å². The molecule has 8 nitrogen and oxygen atoms in total. The van der Waals surface area contributed by atoms with E-state index in [-0.39, 0.29) is 23.6 Å². The van der Waals surface area contributed by atoms with Crippen LogP contribution in [0, 0.1) is 0 Å². The second-order valence-electron chi connectivity index (χ2n) is 11.6. The van der Waals surface area contributed by atoms with Gasteiger partial charge in [-0.3, -0.25) is 14.5 Å². The molecule has 236 valence electrons. The number of nitrogens with one attached hydrogen (secondary N) is 1. The second kappa shape index (κ2) is 12.8. The fourth-order valence-electron chi connectivity index (χ4n) is 5.98. The number of fused-ring (bicyclic) bond motifs is 1. The molecule has 1 N–H and O–H groups in total. The maximum absolute atomic E-state index is 13.3. The summed E-state index contributed by atoms with van der Waals surface area (Å²) in [4.78, 5) is 32.4. The van der Waals surface area contributed by atoms with Crippen LogP contribution in [0.5, 0.6) is 5.75 Å². The van der Waals surface area contributed by atoms with Crippen LogP contribution in [0.2, 0.25) is 0 Å². The number of rotatable bonds is 7. The Labute approximate surface area is 259 Å². The highest BCUT2D eigenvalue weighted by Crippen LogP contribution is 2.31. The van der Waals surface area contributed by atoms with Crippen LogP contribution in [0.1, 0.15) is 44.9 Å². The molecule has 4 aromatic rings. The number of carbonyl (C=O) groups is 2. The van der Waals surface area contributed by atoms with E-state index in [9.17, 15) is 22.8 Å². The van der Waals surface area contributed by atoms with Gasteiger partial charge in [-0.2, -0.15) is 13.2 Å². The number of alkyl halides is 3. The number of methoxy groups -OCH3 is 1. The summed E-state index contributed by atoms with van der Waals surface area (Å²) in [5.74, 6) is 0.634. The molecule has 3 aromatic carbocycles. The number of benzene rings is 3. The third-order valence-corrected chi connectivity index (χ3v) is 8.60. The molecule has 2 aliphatic rings. The summed E-state index contributed by atoms with van der Waals surface area (Å²) in [5.41, 5.74) is 2.25. The Morgan fingerprint density at radius 1 is 0.889 bits per heavy atom. The number of halogens is 3. The van der Waals surface area contributed by atoms with Crippen molar-refractivity contribution in [2.45, 2.75) is 31.6 Å². The number of hydrogen-bond acceptors (Lipinski definition) is 6. The van der Waals surface area contributed by atoms with Gasteiger partial charge in [0.15, 0.2) is 5.76 Å². The van der Waals surface area contributed by atoms with Crippen molar-refractivity contribution < 1.29 is 31.9 Å². The summed E-state index contributed by atoms with van der Waals surface area (Å²) in [6.07, 6.45) is -2.69. The molecular weight excluding hydrogens is 585 g/mol. The number of furan rings is 1. The Balaban J connectivity index is 1.00. The minimum Gasteiger partial charge on any atom is -0.497 e. The minimum absolute atomic E-state index is 0.0520. The largest absolute Gasteiger partial charge is 0.497 e. The SMILES string of the molecule is COc1ccc(CN2CCC(NC(=O)c3cc4cc(C(=O)N5CCN(c6ccc(C(F)(F)F)cc6)CC5)ccc4o3)CC2)cc1. The maximum atomic E-state index is 13.3. The summed E-state index contributed by atoms with van der Waals surface area (Å²) < 4.78 is 49.7. The van der Waals surface area contributed by atoms with E-state index in [1.807, 2.05) is 17.0 Å². The molecule has 1 aromatic heterocycles. The third kappa shape index (κ3) is 7.09. The highest BCUT2D eigenvalue weighted by Gasteiger charge is 2.31. The molecule has 0 aliphatic carbocycles. The molecule has 0 radical (unpaired) electrons. The van der Waals surface area contributed by atoms with E-state index in [1.54, 1.807) is 36.3 Å². The number of piperidine rings is 1. The van der Waals surface area contributed by atoms with Crippen LogP contribution < -0.4 is 15.0 Å². The zero-order valence-corrected chi connectivity index (χ0v) is 25.0. The molecule has 0 bridgehead atoms. The van der Waals surface area contributed by atoms with Gasteiger partial charge in [0, 0.05) is 68.5 Å². The highest BCUT2D eigenvalue weighted by atomic mass is 19.4. The number of nitrogens with zero attached hydrogens (tertiary/aromatic N) is 3. The monoisotopic (exact) mass is 620 g/mol. The van der Waals surface area contributed by atoms with Gasteiger partial charge in [-0.1, -0.05) is 12.1 Å². The van der Waals surface area contributed by atoms with Crippen LogP contribution in [0.25, 0.3) is 11.0 Å². The van der Waals surface area contributed by atoms with Gasteiger partial charge in [-0.05, 0) is 79.1 Å². The van der Waals surface area contributed by atoms with Crippen molar-refractivity contribution in [2.24, 2.45) is 0 Å². The van der Waals surface area contributed by atoms with Gasteiger partial charge in [0.2, 0.25) is 0 Å². The zero-order valence-electron chi connectivity index (χ0n) is 25.0. The van der Waals surface area contributed by atoms with Crippen LogP contribution in [0.4, 0.5) is 18.9 Å². The maximum Gasteiger partial charge on any atom is 0.416 e. The summed E-state index contributed by atoms with van der Waals surface area (Å²) in [7, 11) is 1.65. The number of hydrogen-bond donors (Lipinski definition) is 1. The topological polar surface area (TPSA) is 78.3 Å². The van der Waals surface area contributed by atoms with Crippen molar-refractivity contribution in [1.29, 1.82) is 0 Å². The van der Waals surface area contributed by atoms with Crippen LogP contribution >= 0.6 is 0 Å². The van der Waals surface area contributed by atoms with E-state index in [1.165, 1.54) is 17.7 Å². The molecule has 11 heteroatoms. The fourth-order valence-corrected chi connectivity index (χ4v) is 5.98. The Morgan fingerprint density at radius 2 is 1.58 bits per heavy atom. The number of anilines is 1. The lowest BCUT2D eigenvalue weighted by molar-refractivity contribution is -0.137. The number of likely N-dealkylation sites (tertiary alicyclic amines) is 1. The highest BCUT2D eigenvalue weighted by molar-refractivity contribution is 6.00. The molecule has 0 saturated carbocycles. The van der Waals surface area contributed by atoms with Crippen molar-refractivity contribution in [1.82, 2.24) is 15.1 Å². The number of ether oxygens (including phenoxy) is 1. The molecule has 0 atom stereocenters. The lowest BCUT2D eigenvalue weighted by Gasteiger charge is -2.36. The molecular formula is C34H35F3N4O4. The first kappa shape index (κ1) is 30.5. The Morgan fingerprint density at radius 3 is 2.22 bits per heavy atom.